The van der Waals surface area contributed by atoms with Crippen molar-refractivity contribution in [3.63, 3.8) is 0 Å². The van der Waals surface area contributed by atoms with Gasteiger partial charge in [0.2, 0.25) is 6.41 Å². The van der Waals surface area contributed by atoms with Gasteiger partial charge in [-0.1, -0.05) is 19.1 Å². The van der Waals surface area contributed by atoms with E-state index in [4.69, 9.17) is 10.5 Å². The molecule has 1 saturated carbocycles. The lowest BCUT2D eigenvalue weighted by Crippen LogP contribution is -2.07. The molecule has 6 nitrogen and oxygen atoms in total. The Morgan fingerprint density at radius 2 is 2.24 bits per heavy atom. The Labute approximate surface area is 147 Å². The second-order valence-corrected chi connectivity index (χ2v) is 6.28. The standard InChI is InChI=1S/C19H24N4O2/c1-2-8-21-18-15(4-3-5-16(18)23-12-24)14-9-17(19(20)22-10-14)25-11-13-6-7-13/h3-5,9-10,12-13,21H,2,6-8,11H2,1H3,(H2,20,22)(H,23,24). The predicted octanol–water partition coefficient (Wildman–Crippen LogP) is 3.51. The summed E-state index contributed by atoms with van der Waals surface area (Å²) < 4.78 is 5.84. The number of benzene rings is 1. The number of nitrogen functional groups attached to an aromatic ring is 1. The van der Waals surface area contributed by atoms with Gasteiger partial charge in [-0.15, -0.1) is 0 Å². The van der Waals surface area contributed by atoms with Crippen molar-refractivity contribution >= 4 is 23.6 Å². The highest BCUT2D eigenvalue weighted by Gasteiger charge is 2.22. The zero-order chi connectivity index (χ0) is 17.6. The van der Waals surface area contributed by atoms with Crippen molar-refractivity contribution in [1.29, 1.82) is 0 Å². The molecule has 1 aliphatic rings. The highest BCUT2D eigenvalue weighted by molar-refractivity contribution is 5.91. The van der Waals surface area contributed by atoms with Crippen LogP contribution in [-0.2, 0) is 4.79 Å². The van der Waals surface area contributed by atoms with Crippen molar-refractivity contribution in [1.82, 2.24) is 4.98 Å². The number of nitrogens with two attached hydrogens (primary N) is 1. The van der Waals surface area contributed by atoms with Crippen molar-refractivity contribution in [2.24, 2.45) is 5.92 Å². The minimum absolute atomic E-state index is 0.398. The minimum atomic E-state index is 0.398. The smallest absolute Gasteiger partial charge is 0.211 e. The molecule has 4 N–H and O–H groups in total. The number of aromatic nitrogens is 1. The van der Waals surface area contributed by atoms with Crippen LogP contribution in [0.1, 0.15) is 26.2 Å². The Hall–Kier alpha value is -2.76. The summed E-state index contributed by atoms with van der Waals surface area (Å²) in [6.45, 7) is 3.58. The fraction of sp³-hybridized carbons (Fsp3) is 0.368. The van der Waals surface area contributed by atoms with E-state index in [1.165, 1.54) is 12.8 Å². The highest BCUT2D eigenvalue weighted by atomic mass is 16.5. The van der Waals surface area contributed by atoms with Crippen molar-refractivity contribution in [3.05, 3.63) is 30.5 Å². The Kier molecular flexibility index (Phi) is 5.38. The maximum Gasteiger partial charge on any atom is 0.211 e. The van der Waals surface area contributed by atoms with Crippen LogP contribution in [-0.4, -0.2) is 24.5 Å². The van der Waals surface area contributed by atoms with Crippen LogP contribution in [0.15, 0.2) is 30.5 Å². The topological polar surface area (TPSA) is 89.3 Å². The number of nitrogens with one attached hydrogen (secondary N) is 2. The molecule has 3 rings (SSSR count). The minimum Gasteiger partial charge on any atom is -0.489 e. The van der Waals surface area contributed by atoms with Gasteiger partial charge in [0.25, 0.3) is 0 Å². The van der Waals surface area contributed by atoms with Gasteiger partial charge >= 0.3 is 0 Å². The van der Waals surface area contributed by atoms with E-state index in [0.29, 0.717) is 30.5 Å². The molecule has 1 aromatic carbocycles. The lowest BCUT2D eigenvalue weighted by molar-refractivity contribution is -0.105. The third kappa shape index (κ3) is 4.21. The second-order valence-electron chi connectivity index (χ2n) is 6.28. The van der Waals surface area contributed by atoms with Gasteiger partial charge in [-0.2, -0.15) is 0 Å². The van der Waals surface area contributed by atoms with E-state index in [-0.39, 0.29) is 0 Å². The number of amides is 1. The molecule has 1 aromatic heterocycles. The van der Waals surface area contributed by atoms with Crippen LogP contribution in [0.4, 0.5) is 17.2 Å². The van der Waals surface area contributed by atoms with E-state index in [1.807, 2.05) is 24.3 Å². The molecular weight excluding hydrogens is 316 g/mol. The predicted molar refractivity (Wildman–Crippen MR) is 101 cm³/mol. The summed E-state index contributed by atoms with van der Waals surface area (Å²) in [7, 11) is 0. The summed E-state index contributed by atoms with van der Waals surface area (Å²) in [4.78, 5) is 15.2. The summed E-state index contributed by atoms with van der Waals surface area (Å²) in [6.07, 6.45) is 5.83. The molecule has 0 atom stereocenters. The molecule has 1 fully saturated rings. The molecule has 6 heteroatoms. The van der Waals surface area contributed by atoms with E-state index in [2.05, 4.69) is 22.5 Å². The summed E-state index contributed by atoms with van der Waals surface area (Å²) in [5.41, 5.74) is 9.41. The number of anilines is 3. The number of hydrogen-bond donors (Lipinski definition) is 3. The first-order chi connectivity index (χ1) is 12.2. The van der Waals surface area contributed by atoms with Crippen LogP contribution < -0.4 is 21.1 Å². The first-order valence-electron chi connectivity index (χ1n) is 8.68. The van der Waals surface area contributed by atoms with Gasteiger partial charge < -0.3 is 21.1 Å². The highest BCUT2D eigenvalue weighted by Crippen LogP contribution is 2.37. The number of rotatable bonds is 9. The Bertz CT molecular complexity index is 744. The summed E-state index contributed by atoms with van der Waals surface area (Å²) >= 11 is 0. The first kappa shape index (κ1) is 17.1. The van der Waals surface area contributed by atoms with Gasteiger partial charge in [0.1, 0.15) is 0 Å². The maximum absolute atomic E-state index is 10.9. The SMILES string of the molecule is CCCNc1c(NC=O)cccc1-c1cnc(N)c(OCC2CC2)c1. The zero-order valence-electron chi connectivity index (χ0n) is 14.4. The van der Waals surface area contributed by atoms with Gasteiger partial charge in [-0.05, 0) is 37.3 Å². The first-order valence-corrected chi connectivity index (χ1v) is 8.68. The quantitative estimate of drug-likeness (QED) is 0.608. The van der Waals surface area contributed by atoms with E-state index >= 15 is 0 Å². The lowest BCUT2D eigenvalue weighted by Gasteiger charge is -2.17. The number of carbonyl (C=O) groups excluding carboxylic acids is 1. The Balaban J connectivity index is 1.94. The van der Waals surface area contributed by atoms with Gasteiger partial charge in [-0.25, -0.2) is 4.98 Å². The van der Waals surface area contributed by atoms with E-state index in [0.717, 1.165) is 35.5 Å². The number of pyridine rings is 1. The fourth-order valence-corrected chi connectivity index (χ4v) is 2.63. The van der Waals surface area contributed by atoms with Crippen LogP contribution in [0.3, 0.4) is 0 Å². The van der Waals surface area contributed by atoms with Crippen LogP contribution in [0, 0.1) is 5.92 Å². The summed E-state index contributed by atoms with van der Waals surface area (Å²) in [5, 5.41) is 6.14. The molecule has 1 heterocycles. The molecule has 0 unspecified atom stereocenters. The van der Waals surface area contributed by atoms with Crippen LogP contribution >= 0.6 is 0 Å². The molecule has 0 saturated heterocycles. The fourth-order valence-electron chi connectivity index (χ4n) is 2.63. The summed E-state index contributed by atoms with van der Waals surface area (Å²) in [6, 6.07) is 7.68. The Morgan fingerprint density at radius 3 is 2.96 bits per heavy atom. The van der Waals surface area contributed by atoms with E-state index in [9.17, 15) is 4.79 Å². The van der Waals surface area contributed by atoms with Crippen molar-refractivity contribution in [2.45, 2.75) is 26.2 Å². The van der Waals surface area contributed by atoms with E-state index in [1.54, 1.807) is 6.20 Å². The number of carbonyl (C=O) groups is 1. The second kappa shape index (κ2) is 7.88. The van der Waals surface area contributed by atoms with Crippen molar-refractivity contribution in [2.75, 3.05) is 29.5 Å². The molecular formula is C19H24N4O2. The molecule has 1 aliphatic carbocycles. The molecule has 1 amide bonds. The van der Waals surface area contributed by atoms with Gasteiger partial charge in [-0.3, -0.25) is 4.79 Å². The van der Waals surface area contributed by atoms with Crippen LogP contribution in [0.25, 0.3) is 11.1 Å². The van der Waals surface area contributed by atoms with Crippen LogP contribution in [0.2, 0.25) is 0 Å². The number of nitrogens with zero attached hydrogens (tertiary/aromatic N) is 1. The number of hydrogen-bond acceptors (Lipinski definition) is 5. The van der Waals surface area contributed by atoms with E-state index < -0.39 is 0 Å². The van der Waals surface area contributed by atoms with Crippen molar-refractivity contribution < 1.29 is 9.53 Å². The molecule has 0 bridgehead atoms. The molecule has 132 valence electrons. The van der Waals surface area contributed by atoms with Crippen molar-refractivity contribution in [3.8, 4) is 16.9 Å². The molecule has 0 spiro atoms. The lowest BCUT2D eigenvalue weighted by atomic mass is 10.0. The Morgan fingerprint density at radius 1 is 1.40 bits per heavy atom. The van der Waals surface area contributed by atoms with Gasteiger partial charge in [0.05, 0.1) is 18.0 Å². The average Bonchev–Trinajstić information content (AvgIpc) is 3.44. The third-order valence-corrected chi connectivity index (χ3v) is 4.19. The molecule has 0 radical (unpaired) electrons. The van der Waals surface area contributed by atoms with Crippen LogP contribution in [0.5, 0.6) is 5.75 Å². The zero-order valence-corrected chi connectivity index (χ0v) is 14.4. The maximum atomic E-state index is 10.9. The average molecular weight is 340 g/mol. The normalized spacial score (nSPS) is 13.3. The molecule has 0 aliphatic heterocycles. The number of ether oxygens (including phenoxy) is 1. The third-order valence-electron chi connectivity index (χ3n) is 4.19. The largest absolute Gasteiger partial charge is 0.489 e. The molecule has 2 aromatic rings. The molecule has 25 heavy (non-hydrogen) atoms. The monoisotopic (exact) mass is 340 g/mol. The number of para-hydroxylation sites is 1. The summed E-state index contributed by atoms with van der Waals surface area (Å²) in [5.74, 6) is 1.65. The van der Waals surface area contributed by atoms with Gasteiger partial charge in [0, 0.05) is 23.9 Å². The van der Waals surface area contributed by atoms with Gasteiger partial charge in [0.15, 0.2) is 11.6 Å².